The number of methoxy groups -OCH3 is 1. The number of nitrogens with zero attached hydrogens (tertiary/aromatic N) is 2. The Hall–Kier alpha value is -1.95. The Morgan fingerprint density at radius 3 is 2.77 bits per heavy atom. The van der Waals surface area contributed by atoms with Gasteiger partial charge in [0, 0.05) is 35.4 Å². The molecule has 2 atom stereocenters. The van der Waals surface area contributed by atoms with Gasteiger partial charge in [-0.15, -0.1) is 0 Å². The van der Waals surface area contributed by atoms with Gasteiger partial charge in [-0.1, -0.05) is 41.4 Å². The van der Waals surface area contributed by atoms with Crippen molar-refractivity contribution < 1.29 is 14.2 Å². The van der Waals surface area contributed by atoms with Gasteiger partial charge in [0.25, 0.3) is 0 Å². The van der Waals surface area contributed by atoms with E-state index in [-0.39, 0.29) is 11.6 Å². The molecule has 0 saturated carbocycles. The molecule has 0 unspecified atom stereocenters. The molecule has 0 N–H and O–H groups in total. The van der Waals surface area contributed by atoms with Gasteiger partial charge in [0.15, 0.2) is 11.5 Å². The van der Waals surface area contributed by atoms with Crippen LogP contribution in [0.25, 0.3) is 0 Å². The summed E-state index contributed by atoms with van der Waals surface area (Å²) in [7, 11) is 1.68. The number of ether oxygens (including phenoxy) is 3. The van der Waals surface area contributed by atoms with Crippen LogP contribution in [-0.4, -0.2) is 35.8 Å². The fraction of sp³-hybridized carbons (Fsp3) is 0.435. The standard InChI is InChI=1S/C23H24Cl2N2O3/c1-22(2)13-23(9-10-29-22)27-19(16-5-4-6-20(28-3)21(16)30-23)12-18(26-27)15-8-7-14(24)11-17(15)25/h4-8,11,19H,9-10,12-13H2,1-3H3/t19-,23+/m1/s1. The van der Waals surface area contributed by atoms with Crippen molar-refractivity contribution in [2.75, 3.05) is 13.7 Å². The maximum absolute atomic E-state index is 6.73. The van der Waals surface area contributed by atoms with Crippen LogP contribution < -0.4 is 9.47 Å². The normalized spacial score (nSPS) is 26.6. The molecule has 5 rings (SSSR count). The molecule has 30 heavy (non-hydrogen) atoms. The first kappa shape index (κ1) is 20.0. The average Bonchev–Trinajstić information content (AvgIpc) is 3.13. The lowest BCUT2D eigenvalue weighted by molar-refractivity contribution is -0.212. The van der Waals surface area contributed by atoms with Crippen molar-refractivity contribution in [1.82, 2.24) is 5.01 Å². The predicted octanol–water partition coefficient (Wildman–Crippen LogP) is 5.83. The van der Waals surface area contributed by atoms with E-state index >= 15 is 0 Å². The molecule has 0 aromatic heterocycles. The molecule has 1 fully saturated rings. The SMILES string of the molecule is COc1cccc2c1O[C@]1(CCOC(C)(C)C1)N1N=C(c3ccc(Cl)cc3Cl)C[C@H]21. The number of hydrogen-bond donors (Lipinski definition) is 0. The molecule has 2 aromatic rings. The molecular formula is C23H24Cl2N2O3. The van der Waals surface area contributed by atoms with Gasteiger partial charge in [-0.2, -0.15) is 5.10 Å². The first-order valence-corrected chi connectivity index (χ1v) is 10.9. The first-order chi connectivity index (χ1) is 14.3. The minimum Gasteiger partial charge on any atom is -0.493 e. The molecule has 5 nitrogen and oxygen atoms in total. The third-order valence-corrected chi connectivity index (χ3v) is 6.69. The highest BCUT2D eigenvalue weighted by atomic mass is 35.5. The van der Waals surface area contributed by atoms with Gasteiger partial charge >= 0.3 is 0 Å². The van der Waals surface area contributed by atoms with Crippen LogP contribution in [0.1, 0.15) is 50.3 Å². The summed E-state index contributed by atoms with van der Waals surface area (Å²) >= 11 is 12.6. The highest BCUT2D eigenvalue weighted by Gasteiger charge is 2.55. The Bertz CT molecular complexity index is 1040. The van der Waals surface area contributed by atoms with E-state index in [1.54, 1.807) is 13.2 Å². The molecule has 158 valence electrons. The van der Waals surface area contributed by atoms with Gasteiger partial charge in [-0.3, -0.25) is 0 Å². The minimum atomic E-state index is -0.602. The first-order valence-electron chi connectivity index (χ1n) is 10.1. The monoisotopic (exact) mass is 446 g/mol. The molecule has 0 amide bonds. The van der Waals surface area contributed by atoms with Gasteiger partial charge < -0.3 is 14.2 Å². The molecular weight excluding hydrogens is 423 g/mol. The second kappa shape index (κ2) is 7.04. The Balaban J connectivity index is 1.64. The van der Waals surface area contributed by atoms with Crippen LogP contribution in [0.2, 0.25) is 10.0 Å². The number of hydrogen-bond acceptors (Lipinski definition) is 5. The van der Waals surface area contributed by atoms with Crippen LogP contribution in [0.5, 0.6) is 11.5 Å². The van der Waals surface area contributed by atoms with Crippen molar-refractivity contribution in [3.05, 3.63) is 57.6 Å². The summed E-state index contributed by atoms with van der Waals surface area (Å²) in [6.07, 6.45) is 2.14. The second-order valence-electron chi connectivity index (χ2n) is 8.70. The van der Waals surface area contributed by atoms with Gasteiger partial charge in [-0.05, 0) is 32.0 Å². The van der Waals surface area contributed by atoms with E-state index in [0.29, 0.717) is 23.1 Å². The van der Waals surface area contributed by atoms with Gasteiger partial charge in [-0.25, -0.2) is 5.01 Å². The number of halogens is 2. The molecule has 3 aliphatic rings. The van der Waals surface area contributed by atoms with Crippen molar-refractivity contribution in [1.29, 1.82) is 0 Å². The molecule has 0 bridgehead atoms. The molecule has 1 spiro atoms. The second-order valence-corrected chi connectivity index (χ2v) is 9.54. The van der Waals surface area contributed by atoms with Crippen LogP contribution in [0.3, 0.4) is 0 Å². The average molecular weight is 447 g/mol. The number of hydrazone groups is 1. The fourth-order valence-electron chi connectivity index (χ4n) is 4.89. The van der Waals surface area contributed by atoms with Crippen LogP contribution in [0, 0.1) is 0 Å². The Kier molecular flexibility index (Phi) is 4.69. The number of para-hydroxylation sites is 1. The molecule has 3 heterocycles. The van der Waals surface area contributed by atoms with Crippen molar-refractivity contribution in [3.8, 4) is 11.5 Å². The van der Waals surface area contributed by atoms with Gasteiger partial charge in [0.05, 0.1) is 36.1 Å². The minimum absolute atomic E-state index is 0.0412. The number of benzene rings is 2. The summed E-state index contributed by atoms with van der Waals surface area (Å²) in [5.41, 5.74) is 1.99. The molecule has 3 aliphatic heterocycles. The van der Waals surface area contributed by atoms with Crippen molar-refractivity contribution in [2.45, 2.75) is 50.5 Å². The smallest absolute Gasteiger partial charge is 0.203 e. The molecule has 1 saturated heterocycles. The lowest BCUT2D eigenvalue weighted by Crippen LogP contribution is -2.60. The molecule has 0 radical (unpaired) electrons. The zero-order valence-electron chi connectivity index (χ0n) is 17.2. The quantitative estimate of drug-likeness (QED) is 0.581. The van der Waals surface area contributed by atoms with Crippen molar-refractivity contribution in [3.63, 3.8) is 0 Å². The van der Waals surface area contributed by atoms with E-state index in [2.05, 4.69) is 24.9 Å². The third kappa shape index (κ3) is 3.15. The zero-order valence-corrected chi connectivity index (χ0v) is 18.8. The van der Waals surface area contributed by atoms with Crippen LogP contribution in [-0.2, 0) is 4.74 Å². The summed E-state index contributed by atoms with van der Waals surface area (Å²) < 4.78 is 18.4. The largest absolute Gasteiger partial charge is 0.493 e. The van der Waals surface area contributed by atoms with Crippen molar-refractivity contribution in [2.24, 2.45) is 5.10 Å². The van der Waals surface area contributed by atoms with Crippen molar-refractivity contribution >= 4 is 28.9 Å². The van der Waals surface area contributed by atoms with E-state index in [1.165, 1.54) is 0 Å². The van der Waals surface area contributed by atoms with E-state index in [9.17, 15) is 0 Å². The summed E-state index contributed by atoms with van der Waals surface area (Å²) in [5, 5.41) is 8.42. The Morgan fingerprint density at radius 2 is 2.03 bits per heavy atom. The summed E-state index contributed by atoms with van der Waals surface area (Å²) in [5.74, 6) is 1.55. The number of fused-ring (bicyclic) bond motifs is 4. The summed E-state index contributed by atoms with van der Waals surface area (Å²) in [6, 6.07) is 11.6. The molecule has 0 aliphatic carbocycles. The highest BCUT2D eigenvalue weighted by Crippen LogP contribution is 2.54. The fourth-order valence-corrected chi connectivity index (χ4v) is 5.41. The maximum Gasteiger partial charge on any atom is 0.203 e. The summed E-state index contributed by atoms with van der Waals surface area (Å²) in [6.45, 7) is 4.80. The van der Waals surface area contributed by atoms with E-state index < -0.39 is 5.72 Å². The van der Waals surface area contributed by atoms with E-state index in [4.69, 9.17) is 42.5 Å². The predicted molar refractivity (Wildman–Crippen MR) is 118 cm³/mol. The third-order valence-electron chi connectivity index (χ3n) is 6.14. The van der Waals surface area contributed by atoms with E-state index in [1.807, 2.05) is 24.3 Å². The maximum atomic E-state index is 6.73. The molecule has 7 heteroatoms. The topological polar surface area (TPSA) is 43.3 Å². The Morgan fingerprint density at radius 1 is 1.20 bits per heavy atom. The lowest BCUT2D eigenvalue weighted by atomic mass is 9.86. The Labute approximate surface area is 186 Å². The summed E-state index contributed by atoms with van der Waals surface area (Å²) in [4.78, 5) is 0. The van der Waals surface area contributed by atoms with Crippen LogP contribution in [0.4, 0.5) is 0 Å². The van der Waals surface area contributed by atoms with Gasteiger partial charge in [0.1, 0.15) is 0 Å². The van der Waals surface area contributed by atoms with Gasteiger partial charge in [0.2, 0.25) is 5.72 Å². The van der Waals surface area contributed by atoms with Crippen LogP contribution in [0.15, 0.2) is 41.5 Å². The molecule has 2 aromatic carbocycles. The zero-order chi connectivity index (χ0) is 21.1. The van der Waals surface area contributed by atoms with E-state index in [0.717, 1.165) is 41.2 Å². The van der Waals surface area contributed by atoms with Crippen LogP contribution >= 0.6 is 23.2 Å². The number of rotatable bonds is 2. The lowest BCUT2D eigenvalue weighted by Gasteiger charge is -2.52. The highest BCUT2D eigenvalue weighted by molar-refractivity contribution is 6.37.